The van der Waals surface area contributed by atoms with Crippen molar-refractivity contribution in [2.24, 2.45) is 0 Å². The summed E-state index contributed by atoms with van der Waals surface area (Å²) in [5.74, 6) is 0. The van der Waals surface area contributed by atoms with Crippen molar-refractivity contribution in [1.29, 1.82) is 0 Å². The van der Waals surface area contributed by atoms with Crippen LogP contribution in [0.1, 0.15) is 0 Å². The lowest BCUT2D eigenvalue weighted by molar-refractivity contribution is 1.18. The third-order valence-corrected chi connectivity index (χ3v) is 13.9. The number of rotatable bonds is 5. The summed E-state index contributed by atoms with van der Waals surface area (Å²) in [7, 11) is 0. The Hall–Kier alpha value is -8.46. The van der Waals surface area contributed by atoms with Crippen molar-refractivity contribution in [1.82, 2.24) is 9.13 Å². The zero-order valence-corrected chi connectivity index (χ0v) is 34.8. The monoisotopic (exact) mass is 810 g/mol. The second-order valence-electron chi connectivity index (χ2n) is 17.2. The molecule has 2 nitrogen and oxygen atoms in total. The molecular weight excluding hydrogens is 773 g/mol. The maximum absolute atomic E-state index is 2.54. The predicted molar refractivity (Wildman–Crippen MR) is 271 cm³/mol. The minimum absolute atomic E-state index is 1.16. The van der Waals surface area contributed by atoms with E-state index in [1.165, 1.54) is 126 Å². The second-order valence-corrected chi connectivity index (χ2v) is 17.2. The van der Waals surface area contributed by atoms with Crippen LogP contribution < -0.4 is 0 Å². The Morgan fingerprint density at radius 1 is 0.250 bits per heavy atom. The molecule has 0 fully saturated rings. The maximum Gasteiger partial charge on any atom is 0.0619 e. The van der Waals surface area contributed by atoms with Gasteiger partial charge in [0.25, 0.3) is 0 Å². The van der Waals surface area contributed by atoms with Gasteiger partial charge in [0.15, 0.2) is 0 Å². The molecular formula is C62H38N2. The highest BCUT2D eigenvalue weighted by atomic mass is 15.0. The van der Waals surface area contributed by atoms with Crippen LogP contribution in [0.3, 0.4) is 0 Å². The average Bonchev–Trinajstić information content (AvgIpc) is 4.00. The molecule has 0 saturated heterocycles. The summed E-state index contributed by atoms with van der Waals surface area (Å²) in [6, 6.07) is 85.4. The van der Waals surface area contributed by atoms with E-state index in [0.29, 0.717) is 0 Å². The van der Waals surface area contributed by atoms with Crippen LogP contribution in [0.5, 0.6) is 0 Å². The van der Waals surface area contributed by atoms with Crippen LogP contribution in [-0.4, -0.2) is 9.13 Å². The van der Waals surface area contributed by atoms with Crippen molar-refractivity contribution in [3.63, 3.8) is 0 Å². The first-order valence-corrected chi connectivity index (χ1v) is 22.2. The quantitative estimate of drug-likeness (QED) is 0.164. The third-order valence-electron chi connectivity index (χ3n) is 13.9. The fourth-order valence-corrected chi connectivity index (χ4v) is 11.0. The predicted octanol–water partition coefficient (Wildman–Crippen LogP) is 16.8. The van der Waals surface area contributed by atoms with Crippen LogP contribution in [0.4, 0.5) is 0 Å². The molecule has 0 N–H and O–H groups in total. The first kappa shape index (κ1) is 35.2. The molecule has 0 aliphatic heterocycles. The van der Waals surface area contributed by atoms with Gasteiger partial charge in [0.1, 0.15) is 0 Å². The van der Waals surface area contributed by atoms with Gasteiger partial charge in [-0.3, -0.25) is 0 Å². The number of benzene rings is 11. The lowest BCUT2D eigenvalue weighted by Gasteiger charge is -2.18. The van der Waals surface area contributed by atoms with Crippen molar-refractivity contribution >= 4 is 65.2 Å². The minimum atomic E-state index is 1.16. The molecule has 0 unspecified atom stereocenters. The van der Waals surface area contributed by atoms with Gasteiger partial charge >= 0.3 is 0 Å². The van der Waals surface area contributed by atoms with Gasteiger partial charge in [0.2, 0.25) is 0 Å². The molecule has 0 atom stereocenters. The number of para-hydroxylation sites is 3. The molecule has 64 heavy (non-hydrogen) atoms. The molecule has 0 amide bonds. The Labute approximate surface area is 370 Å². The van der Waals surface area contributed by atoms with E-state index in [1.54, 1.807) is 0 Å². The molecule has 14 rings (SSSR count). The Morgan fingerprint density at radius 3 is 1.72 bits per heavy atom. The molecule has 0 saturated carbocycles. The minimum Gasteiger partial charge on any atom is -0.309 e. The van der Waals surface area contributed by atoms with Gasteiger partial charge in [-0.05, 0) is 115 Å². The van der Waals surface area contributed by atoms with E-state index < -0.39 is 0 Å². The highest BCUT2D eigenvalue weighted by molar-refractivity contribution is 6.20. The number of hydrogen-bond donors (Lipinski definition) is 0. The molecule has 0 bridgehead atoms. The summed E-state index contributed by atoms with van der Waals surface area (Å²) in [5.41, 5.74) is 19.6. The first-order chi connectivity index (χ1) is 31.8. The van der Waals surface area contributed by atoms with Crippen molar-refractivity contribution in [3.8, 4) is 67.0 Å². The van der Waals surface area contributed by atoms with Crippen LogP contribution in [-0.2, 0) is 0 Å². The van der Waals surface area contributed by atoms with E-state index in [9.17, 15) is 0 Å². The third kappa shape index (κ3) is 5.02. The van der Waals surface area contributed by atoms with Crippen LogP contribution in [0.25, 0.3) is 132 Å². The Bertz CT molecular complexity index is 4060. The molecule has 296 valence electrons. The van der Waals surface area contributed by atoms with E-state index in [2.05, 4.69) is 240 Å². The Balaban J connectivity index is 0.986. The van der Waals surface area contributed by atoms with Crippen LogP contribution in [0, 0.1) is 0 Å². The Morgan fingerprint density at radius 2 is 0.844 bits per heavy atom. The fourth-order valence-electron chi connectivity index (χ4n) is 11.0. The van der Waals surface area contributed by atoms with E-state index in [1.807, 2.05) is 0 Å². The van der Waals surface area contributed by atoms with E-state index >= 15 is 0 Å². The summed E-state index contributed by atoms with van der Waals surface area (Å²) in [6.45, 7) is 0. The Kier molecular flexibility index (Phi) is 7.43. The summed E-state index contributed by atoms with van der Waals surface area (Å²) < 4.78 is 4.93. The number of fused-ring (bicyclic) bond motifs is 11. The number of hydrogen-bond acceptors (Lipinski definition) is 0. The van der Waals surface area contributed by atoms with Crippen LogP contribution >= 0.6 is 0 Å². The summed E-state index contributed by atoms with van der Waals surface area (Å²) >= 11 is 0. The number of nitrogens with zero attached hydrogens (tertiary/aromatic N) is 2. The maximum atomic E-state index is 2.54. The molecule has 1 aliphatic rings. The molecule has 0 radical (unpaired) electrons. The van der Waals surface area contributed by atoms with Crippen molar-refractivity contribution < 1.29 is 0 Å². The molecule has 2 heterocycles. The van der Waals surface area contributed by atoms with Crippen molar-refractivity contribution in [3.05, 3.63) is 231 Å². The van der Waals surface area contributed by atoms with Crippen molar-refractivity contribution in [2.75, 3.05) is 0 Å². The van der Waals surface area contributed by atoms with Gasteiger partial charge in [-0.15, -0.1) is 0 Å². The summed E-state index contributed by atoms with van der Waals surface area (Å²) in [6.07, 6.45) is 0. The van der Waals surface area contributed by atoms with Crippen molar-refractivity contribution in [2.45, 2.75) is 0 Å². The lowest BCUT2D eigenvalue weighted by atomic mass is 9.91. The van der Waals surface area contributed by atoms with Gasteiger partial charge in [0.05, 0.1) is 27.8 Å². The highest BCUT2D eigenvalue weighted by Gasteiger charge is 2.24. The van der Waals surface area contributed by atoms with E-state index in [0.717, 1.165) is 5.69 Å². The van der Waals surface area contributed by atoms with Gasteiger partial charge < -0.3 is 9.13 Å². The van der Waals surface area contributed by atoms with Gasteiger partial charge in [-0.2, -0.15) is 0 Å². The smallest absolute Gasteiger partial charge is 0.0619 e. The first-order valence-electron chi connectivity index (χ1n) is 22.2. The molecule has 1 aliphatic carbocycles. The van der Waals surface area contributed by atoms with E-state index in [4.69, 9.17) is 0 Å². The largest absolute Gasteiger partial charge is 0.309 e. The summed E-state index contributed by atoms with van der Waals surface area (Å²) in [4.78, 5) is 0. The normalized spacial score (nSPS) is 12.1. The topological polar surface area (TPSA) is 9.86 Å². The number of aromatic nitrogens is 2. The molecule has 11 aromatic carbocycles. The molecule has 13 aromatic rings. The van der Waals surface area contributed by atoms with Gasteiger partial charge in [-0.25, -0.2) is 0 Å². The summed E-state index contributed by atoms with van der Waals surface area (Å²) in [5, 5.41) is 10.1. The lowest BCUT2D eigenvalue weighted by Crippen LogP contribution is -1.99. The molecule has 0 spiro atoms. The highest BCUT2D eigenvalue weighted by Crippen LogP contribution is 2.49. The van der Waals surface area contributed by atoms with Gasteiger partial charge in [0, 0.05) is 38.2 Å². The van der Waals surface area contributed by atoms with Crippen LogP contribution in [0.15, 0.2) is 231 Å². The SMILES string of the molecule is c1ccc(-n2c3ccccc3c3cc(-c4ccc5c6ccc7ccccc7c6n(-c6ccccc6-c6ccccc6-c6ccc7c(c6)-c6cccc8cccc-7c68)c5c4)ccc32)cc1. The molecule has 2 heteroatoms. The van der Waals surface area contributed by atoms with Gasteiger partial charge in [-0.1, -0.05) is 182 Å². The standard InChI is InChI=1S/C62H38N2/c1-2-17-44(18-3-1)63-57-26-10-9-23-50(57)56-36-41(31-35-59(56)63)42-29-33-51-54-34-28-39-14-4-5-20-46(39)62(54)64(60(51)38-42)58-27-11-8-22-49(58)47-21-7-6-19-45(47)43-30-32-48-52-24-12-15-40-16-13-25-53(61(40)52)55(48)37-43/h1-38H. The molecule has 2 aromatic heterocycles. The zero-order valence-electron chi connectivity index (χ0n) is 34.8. The second kappa shape index (κ2) is 13.5. The zero-order chi connectivity index (χ0) is 41.9. The van der Waals surface area contributed by atoms with Crippen LogP contribution in [0.2, 0.25) is 0 Å². The van der Waals surface area contributed by atoms with E-state index in [-0.39, 0.29) is 0 Å². The fraction of sp³-hybridized carbons (Fsp3) is 0. The average molecular weight is 811 g/mol.